The minimum atomic E-state index is 0.0598. The van der Waals surface area contributed by atoms with E-state index in [2.05, 4.69) is 37.4 Å². The first-order valence-corrected chi connectivity index (χ1v) is 6.02. The maximum Gasteiger partial charge on any atom is 0.124 e. The van der Waals surface area contributed by atoms with Crippen molar-refractivity contribution in [1.29, 1.82) is 0 Å². The summed E-state index contributed by atoms with van der Waals surface area (Å²) >= 11 is 0. The molecule has 0 radical (unpaired) electrons. The number of nitrogens with one attached hydrogen (secondary N) is 1. The van der Waals surface area contributed by atoms with Crippen LogP contribution in [-0.2, 0) is 4.74 Å². The largest absolute Gasteiger partial charge is 0.488 e. The number of aryl methyl sites for hydroxylation is 1. The fourth-order valence-electron chi connectivity index (χ4n) is 1.74. The van der Waals surface area contributed by atoms with Gasteiger partial charge in [0.15, 0.2) is 0 Å². The molecule has 2 atom stereocenters. The molecule has 0 aromatic heterocycles. The van der Waals surface area contributed by atoms with Crippen molar-refractivity contribution in [2.24, 2.45) is 0 Å². The van der Waals surface area contributed by atoms with Gasteiger partial charge < -0.3 is 14.8 Å². The molecule has 0 aliphatic heterocycles. The van der Waals surface area contributed by atoms with Gasteiger partial charge in [0.1, 0.15) is 11.9 Å². The molecular weight excluding hydrogens is 214 g/mol. The van der Waals surface area contributed by atoms with E-state index in [0.717, 1.165) is 5.75 Å². The van der Waals surface area contributed by atoms with Crippen LogP contribution >= 0.6 is 0 Å². The quantitative estimate of drug-likeness (QED) is 0.825. The van der Waals surface area contributed by atoms with Gasteiger partial charge in [0, 0.05) is 18.7 Å². The van der Waals surface area contributed by atoms with E-state index in [9.17, 15) is 0 Å². The molecule has 1 N–H and O–H groups in total. The topological polar surface area (TPSA) is 30.5 Å². The third kappa shape index (κ3) is 4.02. The van der Waals surface area contributed by atoms with Crippen LogP contribution in [0, 0.1) is 6.92 Å². The first-order valence-electron chi connectivity index (χ1n) is 6.02. The molecule has 0 spiro atoms. The number of ether oxygens (including phenoxy) is 2. The van der Waals surface area contributed by atoms with Crippen molar-refractivity contribution in [2.45, 2.75) is 32.9 Å². The molecule has 0 aliphatic rings. The van der Waals surface area contributed by atoms with Crippen molar-refractivity contribution in [3.05, 3.63) is 29.3 Å². The van der Waals surface area contributed by atoms with Gasteiger partial charge in [-0.15, -0.1) is 0 Å². The Morgan fingerprint density at radius 1 is 1.29 bits per heavy atom. The molecule has 3 heteroatoms. The highest BCUT2D eigenvalue weighted by Crippen LogP contribution is 2.27. The summed E-state index contributed by atoms with van der Waals surface area (Å²) in [6, 6.07) is 6.58. The SMILES string of the molecule is CNC(C)c1ccc(C)cc1OC(C)COC. The molecule has 96 valence electrons. The van der Waals surface area contributed by atoms with Crippen LogP contribution in [0.3, 0.4) is 0 Å². The fraction of sp³-hybridized carbons (Fsp3) is 0.571. The van der Waals surface area contributed by atoms with E-state index in [1.165, 1.54) is 11.1 Å². The zero-order valence-corrected chi connectivity index (χ0v) is 11.4. The predicted octanol–water partition coefficient (Wildman–Crippen LogP) is 2.69. The van der Waals surface area contributed by atoms with Crippen molar-refractivity contribution in [1.82, 2.24) is 5.32 Å². The van der Waals surface area contributed by atoms with Crippen molar-refractivity contribution < 1.29 is 9.47 Å². The van der Waals surface area contributed by atoms with Gasteiger partial charge in [0.2, 0.25) is 0 Å². The maximum atomic E-state index is 5.92. The summed E-state index contributed by atoms with van der Waals surface area (Å²) in [6.07, 6.45) is 0.0598. The van der Waals surface area contributed by atoms with Gasteiger partial charge in [-0.1, -0.05) is 12.1 Å². The molecule has 2 unspecified atom stereocenters. The highest BCUT2D eigenvalue weighted by Gasteiger charge is 2.12. The summed E-state index contributed by atoms with van der Waals surface area (Å²) < 4.78 is 11.0. The van der Waals surface area contributed by atoms with E-state index in [-0.39, 0.29) is 12.1 Å². The van der Waals surface area contributed by atoms with Crippen LogP contribution in [0.1, 0.15) is 31.0 Å². The summed E-state index contributed by atoms with van der Waals surface area (Å²) in [7, 11) is 3.64. The Morgan fingerprint density at radius 2 is 2.00 bits per heavy atom. The van der Waals surface area contributed by atoms with Crippen molar-refractivity contribution in [3.63, 3.8) is 0 Å². The molecule has 0 bridgehead atoms. The molecule has 1 aromatic carbocycles. The van der Waals surface area contributed by atoms with Gasteiger partial charge in [-0.25, -0.2) is 0 Å². The van der Waals surface area contributed by atoms with Crippen LogP contribution in [0.2, 0.25) is 0 Å². The summed E-state index contributed by atoms with van der Waals surface area (Å²) in [6.45, 7) is 6.81. The van der Waals surface area contributed by atoms with Crippen LogP contribution in [0.5, 0.6) is 5.75 Å². The van der Waals surface area contributed by atoms with Crippen LogP contribution in [0.15, 0.2) is 18.2 Å². The van der Waals surface area contributed by atoms with E-state index in [1.807, 2.05) is 14.0 Å². The van der Waals surface area contributed by atoms with Gasteiger partial charge in [0.05, 0.1) is 6.61 Å². The van der Waals surface area contributed by atoms with Gasteiger partial charge in [-0.2, -0.15) is 0 Å². The third-order valence-electron chi connectivity index (χ3n) is 2.80. The average Bonchev–Trinajstić information content (AvgIpc) is 2.28. The fourth-order valence-corrected chi connectivity index (χ4v) is 1.74. The van der Waals surface area contributed by atoms with Crippen molar-refractivity contribution in [3.8, 4) is 5.75 Å². The minimum absolute atomic E-state index is 0.0598. The summed E-state index contributed by atoms with van der Waals surface area (Å²) in [5.74, 6) is 0.941. The highest BCUT2D eigenvalue weighted by molar-refractivity contribution is 5.39. The van der Waals surface area contributed by atoms with Crippen LogP contribution in [0.25, 0.3) is 0 Å². The second-order valence-electron chi connectivity index (χ2n) is 4.44. The summed E-state index contributed by atoms with van der Waals surface area (Å²) in [4.78, 5) is 0. The molecule has 0 saturated carbocycles. The average molecular weight is 237 g/mol. The maximum absolute atomic E-state index is 5.92. The molecular formula is C14H23NO2. The van der Waals surface area contributed by atoms with Crippen LogP contribution in [0.4, 0.5) is 0 Å². The highest BCUT2D eigenvalue weighted by atomic mass is 16.5. The molecule has 3 nitrogen and oxygen atoms in total. The van der Waals surface area contributed by atoms with Gasteiger partial charge in [0.25, 0.3) is 0 Å². The molecule has 0 amide bonds. The molecule has 1 rings (SSSR count). The smallest absolute Gasteiger partial charge is 0.124 e. The van der Waals surface area contributed by atoms with Crippen molar-refractivity contribution in [2.75, 3.05) is 20.8 Å². The zero-order valence-electron chi connectivity index (χ0n) is 11.4. The lowest BCUT2D eigenvalue weighted by Gasteiger charge is -2.20. The van der Waals surface area contributed by atoms with Crippen LogP contribution in [-0.4, -0.2) is 26.9 Å². The summed E-state index contributed by atoms with van der Waals surface area (Å²) in [5.41, 5.74) is 2.39. The molecule has 0 saturated heterocycles. The Bertz CT molecular complexity index is 352. The Balaban J connectivity index is 2.90. The number of methoxy groups -OCH3 is 1. The van der Waals surface area contributed by atoms with E-state index in [0.29, 0.717) is 6.61 Å². The predicted molar refractivity (Wildman–Crippen MR) is 70.6 cm³/mol. The monoisotopic (exact) mass is 237 g/mol. The second kappa shape index (κ2) is 6.62. The normalized spacial score (nSPS) is 14.4. The molecule has 0 aliphatic carbocycles. The van der Waals surface area contributed by atoms with E-state index >= 15 is 0 Å². The Kier molecular flexibility index (Phi) is 5.45. The molecule has 17 heavy (non-hydrogen) atoms. The summed E-state index contributed by atoms with van der Waals surface area (Å²) in [5, 5.41) is 3.24. The standard InChI is InChI=1S/C14H23NO2/c1-10-6-7-13(12(3)15-4)14(8-10)17-11(2)9-16-5/h6-8,11-12,15H,9H2,1-5H3. The Morgan fingerprint density at radius 3 is 2.59 bits per heavy atom. The number of hydrogen-bond donors (Lipinski definition) is 1. The van der Waals surface area contributed by atoms with Crippen LogP contribution < -0.4 is 10.1 Å². The first-order chi connectivity index (χ1) is 8.08. The number of benzene rings is 1. The lowest BCUT2D eigenvalue weighted by atomic mass is 10.1. The number of rotatable bonds is 6. The van der Waals surface area contributed by atoms with E-state index in [4.69, 9.17) is 9.47 Å². The van der Waals surface area contributed by atoms with Gasteiger partial charge in [-0.05, 0) is 39.4 Å². The molecule has 1 aromatic rings. The third-order valence-corrected chi connectivity index (χ3v) is 2.80. The number of hydrogen-bond acceptors (Lipinski definition) is 3. The first kappa shape index (κ1) is 14.0. The minimum Gasteiger partial charge on any atom is -0.488 e. The lowest BCUT2D eigenvalue weighted by molar-refractivity contribution is 0.0910. The Labute approximate surface area is 104 Å². The van der Waals surface area contributed by atoms with Gasteiger partial charge in [-0.3, -0.25) is 0 Å². The van der Waals surface area contributed by atoms with E-state index < -0.39 is 0 Å². The molecule has 0 heterocycles. The zero-order chi connectivity index (χ0) is 12.8. The van der Waals surface area contributed by atoms with Crippen molar-refractivity contribution >= 4 is 0 Å². The Hall–Kier alpha value is -1.06. The van der Waals surface area contributed by atoms with Gasteiger partial charge >= 0.3 is 0 Å². The second-order valence-corrected chi connectivity index (χ2v) is 4.44. The lowest BCUT2D eigenvalue weighted by Crippen LogP contribution is -2.20. The molecule has 0 fully saturated rings. The van der Waals surface area contributed by atoms with E-state index in [1.54, 1.807) is 7.11 Å².